The highest BCUT2D eigenvalue weighted by Crippen LogP contribution is 2.10. The predicted octanol–water partition coefficient (Wildman–Crippen LogP) is 2.42. The van der Waals surface area contributed by atoms with E-state index in [4.69, 9.17) is 0 Å². The lowest BCUT2D eigenvalue weighted by molar-refractivity contribution is 0.0675. The van der Waals surface area contributed by atoms with E-state index in [1.165, 1.54) is 6.20 Å². The van der Waals surface area contributed by atoms with Crippen LogP contribution in [0.2, 0.25) is 0 Å². The summed E-state index contributed by atoms with van der Waals surface area (Å²) >= 11 is 0. The van der Waals surface area contributed by atoms with Crippen LogP contribution in [0.3, 0.4) is 0 Å². The summed E-state index contributed by atoms with van der Waals surface area (Å²) in [6.07, 6.45) is 3.14. The van der Waals surface area contributed by atoms with Gasteiger partial charge in [-0.25, -0.2) is 9.97 Å². The highest BCUT2D eigenvalue weighted by molar-refractivity contribution is 5.92. The van der Waals surface area contributed by atoms with Crippen molar-refractivity contribution in [3.63, 3.8) is 0 Å². The Bertz CT molecular complexity index is 400. The second kappa shape index (κ2) is 7.07. The predicted molar refractivity (Wildman–Crippen MR) is 77.2 cm³/mol. The van der Waals surface area contributed by atoms with Crippen LogP contribution in [-0.4, -0.2) is 39.9 Å². The Balaban J connectivity index is 2.84. The minimum Gasteiger partial charge on any atom is -0.369 e. The van der Waals surface area contributed by atoms with Gasteiger partial charge in [0.15, 0.2) is 0 Å². The third-order valence-corrected chi connectivity index (χ3v) is 2.67. The largest absolute Gasteiger partial charge is 0.369 e. The van der Waals surface area contributed by atoms with Crippen LogP contribution < -0.4 is 5.32 Å². The van der Waals surface area contributed by atoms with E-state index >= 15 is 0 Å². The first kappa shape index (κ1) is 15.4. The van der Waals surface area contributed by atoms with Gasteiger partial charge in [0.2, 0.25) is 0 Å². The van der Waals surface area contributed by atoms with Crippen LogP contribution in [0, 0.1) is 5.92 Å². The number of nitrogens with zero attached hydrogens (tertiary/aromatic N) is 3. The molecule has 0 fully saturated rings. The summed E-state index contributed by atoms with van der Waals surface area (Å²) in [6, 6.07) is 0.158. The molecule has 1 aromatic rings. The van der Waals surface area contributed by atoms with E-state index in [-0.39, 0.29) is 11.9 Å². The second-order valence-electron chi connectivity index (χ2n) is 5.26. The third kappa shape index (κ3) is 4.50. The smallest absolute Gasteiger partial charge is 0.274 e. The van der Waals surface area contributed by atoms with Crippen molar-refractivity contribution in [2.75, 3.05) is 18.4 Å². The Morgan fingerprint density at radius 2 is 1.95 bits per heavy atom. The number of carbonyl (C=O) groups is 1. The fraction of sp³-hybridized carbons (Fsp3) is 0.643. The molecule has 1 rings (SSSR count). The molecular weight excluding hydrogens is 240 g/mol. The quantitative estimate of drug-likeness (QED) is 0.857. The number of hydrogen-bond acceptors (Lipinski definition) is 4. The summed E-state index contributed by atoms with van der Waals surface area (Å²) in [7, 11) is 0. The number of carbonyl (C=O) groups excluding carboxylic acids is 1. The van der Waals surface area contributed by atoms with E-state index in [1.54, 1.807) is 6.20 Å². The molecule has 1 aromatic heterocycles. The molecule has 1 N–H and O–H groups in total. The highest BCUT2D eigenvalue weighted by Gasteiger charge is 2.21. The van der Waals surface area contributed by atoms with Crippen molar-refractivity contribution in [3.8, 4) is 0 Å². The van der Waals surface area contributed by atoms with Gasteiger partial charge >= 0.3 is 0 Å². The molecule has 106 valence electrons. The molecule has 0 aromatic carbocycles. The van der Waals surface area contributed by atoms with Gasteiger partial charge in [-0.3, -0.25) is 4.79 Å². The molecule has 1 heterocycles. The SMILES string of the molecule is CCNc1cnc(C(=O)N(CC(C)C)C(C)C)cn1. The maximum absolute atomic E-state index is 12.4. The standard InChI is InChI=1S/C14H24N4O/c1-6-15-13-8-16-12(7-17-13)14(19)18(11(4)5)9-10(2)3/h7-8,10-11H,6,9H2,1-5H3,(H,15,17). The van der Waals surface area contributed by atoms with Crippen LogP contribution in [0.5, 0.6) is 0 Å². The summed E-state index contributed by atoms with van der Waals surface area (Å²) in [4.78, 5) is 22.6. The molecule has 0 saturated heterocycles. The number of aromatic nitrogens is 2. The molecule has 0 radical (unpaired) electrons. The molecule has 1 amide bonds. The first-order chi connectivity index (χ1) is 8.95. The maximum Gasteiger partial charge on any atom is 0.274 e. The average molecular weight is 264 g/mol. The maximum atomic E-state index is 12.4. The van der Waals surface area contributed by atoms with Gasteiger partial charge in [-0.15, -0.1) is 0 Å². The fourth-order valence-corrected chi connectivity index (χ4v) is 1.78. The molecule has 0 aliphatic rings. The van der Waals surface area contributed by atoms with Gasteiger partial charge in [-0.1, -0.05) is 13.8 Å². The lowest BCUT2D eigenvalue weighted by atomic mass is 10.1. The van der Waals surface area contributed by atoms with Crippen LogP contribution in [0.15, 0.2) is 12.4 Å². The first-order valence-electron chi connectivity index (χ1n) is 6.82. The van der Waals surface area contributed by atoms with Crippen molar-refractivity contribution in [3.05, 3.63) is 18.1 Å². The van der Waals surface area contributed by atoms with Gasteiger partial charge < -0.3 is 10.2 Å². The molecule has 0 aliphatic heterocycles. The van der Waals surface area contributed by atoms with E-state index in [1.807, 2.05) is 25.7 Å². The Labute approximate surface area is 115 Å². The van der Waals surface area contributed by atoms with Gasteiger partial charge in [0.1, 0.15) is 11.5 Å². The van der Waals surface area contributed by atoms with Crippen LogP contribution in [0.1, 0.15) is 45.1 Å². The van der Waals surface area contributed by atoms with Crippen molar-refractivity contribution in [2.45, 2.75) is 40.7 Å². The van der Waals surface area contributed by atoms with Gasteiger partial charge in [0.25, 0.3) is 5.91 Å². The topological polar surface area (TPSA) is 58.1 Å². The lowest BCUT2D eigenvalue weighted by Crippen LogP contribution is -2.40. The normalized spacial score (nSPS) is 10.9. The van der Waals surface area contributed by atoms with E-state index in [0.717, 1.165) is 13.1 Å². The van der Waals surface area contributed by atoms with Gasteiger partial charge in [0, 0.05) is 19.1 Å². The minimum absolute atomic E-state index is 0.0563. The molecule has 19 heavy (non-hydrogen) atoms. The van der Waals surface area contributed by atoms with Crippen molar-refractivity contribution in [1.82, 2.24) is 14.9 Å². The lowest BCUT2D eigenvalue weighted by Gasteiger charge is -2.28. The van der Waals surface area contributed by atoms with E-state index in [9.17, 15) is 4.79 Å². The van der Waals surface area contributed by atoms with Crippen molar-refractivity contribution < 1.29 is 4.79 Å². The Hall–Kier alpha value is -1.65. The molecule has 0 unspecified atom stereocenters. The zero-order valence-electron chi connectivity index (χ0n) is 12.5. The number of anilines is 1. The molecule has 5 nitrogen and oxygen atoms in total. The van der Waals surface area contributed by atoms with E-state index < -0.39 is 0 Å². The zero-order chi connectivity index (χ0) is 14.4. The van der Waals surface area contributed by atoms with Gasteiger partial charge in [-0.05, 0) is 26.7 Å². The molecule has 0 atom stereocenters. The monoisotopic (exact) mass is 264 g/mol. The van der Waals surface area contributed by atoms with Gasteiger partial charge in [0.05, 0.1) is 12.4 Å². The van der Waals surface area contributed by atoms with Gasteiger partial charge in [-0.2, -0.15) is 0 Å². The summed E-state index contributed by atoms with van der Waals surface area (Å²) in [5.41, 5.74) is 0.399. The number of hydrogen-bond donors (Lipinski definition) is 1. The molecule has 0 spiro atoms. The first-order valence-corrected chi connectivity index (χ1v) is 6.82. The number of amides is 1. The summed E-state index contributed by atoms with van der Waals surface area (Å²) < 4.78 is 0. The summed E-state index contributed by atoms with van der Waals surface area (Å²) in [5, 5.41) is 3.06. The van der Waals surface area contributed by atoms with Crippen molar-refractivity contribution in [1.29, 1.82) is 0 Å². The highest BCUT2D eigenvalue weighted by atomic mass is 16.2. The number of rotatable bonds is 6. The van der Waals surface area contributed by atoms with Crippen LogP contribution in [-0.2, 0) is 0 Å². The van der Waals surface area contributed by atoms with Crippen molar-refractivity contribution >= 4 is 11.7 Å². The van der Waals surface area contributed by atoms with E-state index in [0.29, 0.717) is 17.4 Å². The Morgan fingerprint density at radius 3 is 2.37 bits per heavy atom. The molecule has 5 heteroatoms. The van der Waals surface area contributed by atoms with Crippen LogP contribution in [0.25, 0.3) is 0 Å². The van der Waals surface area contributed by atoms with E-state index in [2.05, 4.69) is 29.1 Å². The molecular formula is C14H24N4O. The van der Waals surface area contributed by atoms with Crippen LogP contribution >= 0.6 is 0 Å². The Morgan fingerprint density at radius 1 is 1.26 bits per heavy atom. The summed E-state index contributed by atoms with van der Waals surface area (Å²) in [6.45, 7) is 11.7. The summed E-state index contributed by atoms with van der Waals surface area (Å²) in [5.74, 6) is 1.07. The molecule has 0 bridgehead atoms. The molecule has 0 aliphatic carbocycles. The third-order valence-electron chi connectivity index (χ3n) is 2.67. The minimum atomic E-state index is -0.0563. The average Bonchev–Trinajstić information content (AvgIpc) is 2.36. The fourth-order valence-electron chi connectivity index (χ4n) is 1.78. The second-order valence-corrected chi connectivity index (χ2v) is 5.26. The molecule has 0 saturated carbocycles. The zero-order valence-corrected chi connectivity index (χ0v) is 12.5. The Kier molecular flexibility index (Phi) is 5.73. The van der Waals surface area contributed by atoms with Crippen LogP contribution in [0.4, 0.5) is 5.82 Å². The number of nitrogens with one attached hydrogen (secondary N) is 1. The van der Waals surface area contributed by atoms with Crippen molar-refractivity contribution in [2.24, 2.45) is 5.92 Å².